The van der Waals surface area contributed by atoms with Gasteiger partial charge in [-0.2, -0.15) is 0 Å². The first kappa shape index (κ1) is 28.8. The summed E-state index contributed by atoms with van der Waals surface area (Å²) in [5.41, 5.74) is 7.30. The highest BCUT2D eigenvalue weighted by Gasteiger charge is 2.32. The van der Waals surface area contributed by atoms with Crippen LogP contribution in [0.15, 0.2) is 30.5 Å². The molecule has 0 bridgehead atoms. The van der Waals surface area contributed by atoms with Gasteiger partial charge in [-0.05, 0) is 30.9 Å². The molecule has 9 N–H and O–H groups in total. The predicted molar refractivity (Wildman–Crippen MR) is 132 cm³/mol. The predicted octanol–water partition coefficient (Wildman–Crippen LogP) is -1.00. The molecule has 0 aliphatic rings. The maximum atomic E-state index is 12.7. The zero-order valence-corrected chi connectivity index (χ0v) is 20.5. The number of carboxylic acid groups (broad SMARTS) is 1. The lowest BCUT2D eigenvalue weighted by atomic mass is 10.0. The van der Waals surface area contributed by atoms with Gasteiger partial charge in [-0.25, -0.2) is 4.79 Å². The molecular weight excluding hydrogens is 470 g/mol. The number of aromatic nitrogens is 1. The Balaban J connectivity index is 2.07. The Kier molecular flexibility index (Phi) is 10.4. The van der Waals surface area contributed by atoms with E-state index in [0.29, 0.717) is 12.0 Å². The van der Waals surface area contributed by atoms with Gasteiger partial charge in [0, 0.05) is 23.5 Å². The molecule has 198 valence electrons. The Bertz CT molecular complexity index is 1070. The van der Waals surface area contributed by atoms with Crippen molar-refractivity contribution in [3.8, 4) is 0 Å². The third kappa shape index (κ3) is 7.77. The van der Waals surface area contributed by atoms with Crippen molar-refractivity contribution in [2.24, 2.45) is 11.7 Å². The molecule has 5 unspecified atom stereocenters. The van der Waals surface area contributed by atoms with Crippen LogP contribution in [-0.2, 0) is 25.6 Å². The Morgan fingerprint density at radius 3 is 2.19 bits per heavy atom. The Morgan fingerprint density at radius 2 is 1.61 bits per heavy atom. The van der Waals surface area contributed by atoms with Gasteiger partial charge in [0.25, 0.3) is 0 Å². The SMILES string of the molecule is CC(C)CC(N)C(=O)NC(C(=O)NC(CO)C(=O)NC(Cc1c[nH]c2ccccc12)C(=O)O)C(C)O. The van der Waals surface area contributed by atoms with Crippen LogP contribution < -0.4 is 21.7 Å². The molecule has 0 spiro atoms. The highest BCUT2D eigenvalue weighted by Crippen LogP contribution is 2.19. The number of carbonyl (C=O) groups excluding carboxylic acids is 3. The van der Waals surface area contributed by atoms with Crippen LogP contribution in [-0.4, -0.2) is 80.9 Å². The van der Waals surface area contributed by atoms with Crippen molar-refractivity contribution in [1.82, 2.24) is 20.9 Å². The van der Waals surface area contributed by atoms with Crippen LogP contribution in [0, 0.1) is 5.92 Å². The van der Waals surface area contributed by atoms with Crippen molar-refractivity contribution in [3.05, 3.63) is 36.0 Å². The summed E-state index contributed by atoms with van der Waals surface area (Å²) >= 11 is 0. The van der Waals surface area contributed by atoms with Gasteiger partial charge < -0.3 is 42.0 Å². The smallest absolute Gasteiger partial charge is 0.326 e. The van der Waals surface area contributed by atoms with Gasteiger partial charge in [0.15, 0.2) is 0 Å². The average molecular weight is 506 g/mol. The number of aromatic amines is 1. The van der Waals surface area contributed by atoms with Gasteiger partial charge in [0.1, 0.15) is 18.1 Å². The molecule has 12 heteroatoms. The van der Waals surface area contributed by atoms with E-state index in [1.165, 1.54) is 6.92 Å². The molecule has 0 aliphatic heterocycles. The number of benzene rings is 1. The Hall–Kier alpha value is -3.48. The first-order chi connectivity index (χ1) is 16.9. The lowest BCUT2D eigenvalue weighted by Crippen LogP contribution is -2.60. The minimum Gasteiger partial charge on any atom is -0.480 e. The summed E-state index contributed by atoms with van der Waals surface area (Å²) in [5.74, 6) is -3.71. The minimum atomic E-state index is -1.52. The molecule has 0 fully saturated rings. The topological polar surface area (TPSA) is 207 Å². The minimum absolute atomic E-state index is 0.0444. The second kappa shape index (κ2) is 13.0. The summed E-state index contributed by atoms with van der Waals surface area (Å²) in [5, 5.41) is 37.1. The largest absolute Gasteiger partial charge is 0.480 e. The number of amides is 3. The number of rotatable bonds is 13. The molecule has 2 aromatic rings. The number of aliphatic hydroxyl groups is 2. The number of nitrogens with two attached hydrogens (primary N) is 1. The fourth-order valence-corrected chi connectivity index (χ4v) is 3.73. The average Bonchev–Trinajstić information content (AvgIpc) is 3.22. The van der Waals surface area contributed by atoms with Gasteiger partial charge in [0.2, 0.25) is 17.7 Å². The van der Waals surface area contributed by atoms with Crippen LogP contribution in [0.3, 0.4) is 0 Å². The number of nitrogens with one attached hydrogen (secondary N) is 4. The van der Waals surface area contributed by atoms with Crippen LogP contribution in [0.1, 0.15) is 32.8 Å². The van der Waals surface area contributed by atoms with E-state index in [1.807, 2.05) is 32.0 Å². The van der Waals surface area contributed by atoms with E-state index >= 15 is 0 Å². The van der Waals surface area contributed by atoms with Crippen molar-refractivity contribution in [2.75, 3.05) is 6.61 Å². The van der Waals surface area contributed by atoms with Crippen molar-refractivity contribution in [3.63, 3.8) is 0 Å². The monoisotopic (exact) mass is 505 g/mol. The summed E-state index contributed by atoms with van der Waals surface area (Å²) in [6.45, 7) is 4.18. The summed E-state index contributed by atoms with van der Waals surface area (Å²) in [4.78, 5) is 52.6. The summed E-state index contributed by atoms with van der Waals surface area (Å²) < 4.78 is 0. The van der Waals surface area contributed by atoms with E-state index < -0.39 is 60.6 Å². The molecule has 0 aliphatic carbocycles. The molecule has 0 saturated heterocycles. The van der Waals surface area contributed by atoms with Crippen LogP contribution in [0.5, 0.6) is 0 Å². The van der Waals surface area contributed by atoms with E-state index in [0.717, 1.165) is 10.9 Å². The standard InChI is InChI=1S/C24H35N5O7/c1-12(2)8-16(25)21(32)29-20(13(3)31)23(34)28-19(11-30)22(33)27-18(24(35)36)9-14-10-26-17-7-5-4-6-15(14)17/h4-7,10,12-13,16,18-20,26,30-31H,8-9,11,25H2,1-3H3,(H,27,33)(H,28,34)(H,29,32)(H,35,36). The van der Waals surface area contributed by atoms with Crippen molar-refractivity contribution < 1.29 is 34.5 Å². The molecule has 1 heterocycles. The lowest BCUT2D eigenvalue weighted by molar-refractivity contribution is -0.142. The van der Waals surface area contributed by atoms with Crippen LogP contribution in [0.4, 0.5) is 0 Å². The molecule has 1 aromatic heterocycles. The fraction of sp³-hybridized carbons (Fsp3) is 0.500. The van der Waals surface area contributed by atoms with Gasteiger partial charge >= 0.3 is 5.97 Å². The Labute approximate surface area is 208 Å². The molecule has 36 heavy (non-hydrogen) atoms. The molecule has 3 amide bonds. The molecule has 1 aromatic carbocycles. The van der Waals surface area contributed by atoms with Gasteiger partial charge in [0.05, 0.1) is 18.8 Å². The zero-order valence-electron chi connectivity index (χ0n) is 20.5. The molecule has 5 atom stereocenters. The number of fused-ring (bicyclic) bond motifs is 1. The van der Waals surface area contributed by atoms with Crippen LogP contribution >= 0.6 is 0 Å². The molecule has 0 saturated carbocycles. The quantitative estimate of drug-likeness (QED) is 0.169. The van der Waals surface area contributed by atoms with Gasteiger partial charge in [-0.1, -0.05) is 32.0 Å². The number of carboxylic acids is 1. The molecule has 2 rings (SSSR count). The third-order valence-corrected chi connectivity index (χ3v) is 5.65. The van der Waals surface area contributed by atoms with E-state index in [2.05, 4.69) is 20.9 Å². The van der Waals surface area contributed by atoms with Crippen molar-refractivity contribution in [1.29, 1.82) is 0 Å². The molecule has 0 radical (unpaired) electrons. The second-order valence-corrected chi connectivity index (χ2v) is 9.17. The maximum absolute atomic E-state index is 12.7. The summed E-state index contributed by atoms with van der Waals surface area (Å²) in [6, 6.07) is 2.06. The fourth-order valence-electron chi connectivity index (χ4n) is 3.73. The number of para-hydroxylation sites is 1. The number of aliphatic hydroxyl groups excluding tert-OH is 2. The third-order valence-electron chi connectivity index (χ3n) is 5.65. The summed E-state index contributed by atoms with van der Waals surface area (Å²) in [6.07, 6.45) is 0.625. The highest BCUT2D eigenvalue weighted by molar-refractivity contribution is 5.94. The number of carbonyl (C=O) groups is 4. The Morgan fingerprint density at radius 1 is 0.972 bits per heavy atom. The first-order valence-electron chi connectivity index (χ1n) is 11.7. The molecule has 12 nitrogen and oxygen atoms in total. The van der Waals surface area contributed by atoms with Crippen molar-refractivity contribution >= 4 is 34.6 Å². The summed E-state index contributed by atoms with van der Waals surface area (Å²) in [7, 11) is 0. The van der Waals surface area contributed by atoms with E-state index in [1.54, 1.807) is 12.3 Å². The highest BCUT2D eigenvalue weighted by atomic mass is 16.4. The first-order valence-corrected chi connectivity index (χ1v) is 11.7. The number of hydrogen-bond donors (Lipinski definition) is 8. The van der Waals surface area contributed by atoms with Gasteiger partial charge in [-0.15, -0.1) is 0 Å². The van der Waals surface area contributed by atoms with E-state index in [4.69, 9.17) is 5.73 Å². The van der Waals surface area contributed by atoms with E-state index in [9.17, 15) is 34.5 Å². The number of aliphatic carboxylic acids is 1. The maximum Gasteiger partial charge on any atom is 0.326 e. The number of H-pyrrole nitrogens is 1. The second-order valence-electron chi connectivity index (χ2n) is 9.17. The number of hydrogen-bond acceptors (Lipinski definition) is 7. The normalized spacial score (nSPS) is 15.5. The zero-order chi connectivity index (χ0) is 27.0. The van der Waals surface area contributed by atoms with Crippen LogP contribution in [0.25, 0.3) is 10.9 Å². The van der Waals surface area contributed by atoms with Crippen molar-refractivity contribution in [2.45, 2.75) is 63.9 Å². The molecular formula is C24H35N5O7. The van der Waals surface area contributed by atoms with Gasteiger partial charge in [-0.3, -0.25) is 14.4 Å². The van der Waals surface area contributed by atoms with Crippen LogP contribution in [0.2, 0.25) is 0 Å². The lowest BCUT2D eigenvalue weighted by Gasteiger charge is -2.26. The van der Waals surface area contributed by atoms with E-state index in [-0.39, 0.29) is 12.3 Å².